The van der Waals surface area contributed by atoms with Crippen molar-refractivity contribution >= 4 is 11.9 Å². The Morgan fingerprint density at radius 2 is 1.68 bits per heavy atom. The minimum Gasteiger partial charge on any atom is -0.478 e. The molecule has 0 bridgehead atoms. The van der Waals surface area contributed by atoms with E-state index < -0.39 is 5.97 Å². The van der Waals surface area contributed by atoms with Gasteiger partial charge in [0.15, 0.2) is 0 Å². The minimum absolute atomic E-state index is 0.0725. The average Bonchev–Trinajstić information content (AvgIpc) is 2.40. The van der Waals surface area contributed by atoms with E-state index in [1.807, 2.05) is 13.8 Å². The van der Waals surface area contributed by atoms with Gasteiger partial charge in [-0.05, 0) is 30.5 Å². The zero-order valence-corrected chi connectivity index (χ0v) is 11.7. The minimum atomic E-state index is -0.937. The molecule has 1 N–H and O–H groups in total. The monoisotopic (exact) mass is 263 g/mol. The van der Waals surface area contributed by atoms with Gasteiger partial charge in [-0.3, -0.25) is 4.79 Å². The van der Waals surface area contributed by atoms with Crippen LogP contribution in [0.2, 0.25) is 0 Å². The molecule has 1 aromatic rings. The Labute approximate surface area is 114 Å². The Kier molecular flexibility index (Phi) is 5.55. The molecular weight excluding hydrogens is 242 g/mol. The Hall–Kier alpha value is -1.84. The fourth-order valence-electron chi connectivity index (χ4n) is 2.05. The van der Waals surface area contributed by atoms with Crippen molar-refractivity contribution < 1.29 is 14.7 Å². The first-order chi connectivity index (χ1) is 8.99. The van der Waals surface area contributed by atoms with Crippen LogP contribution in [0.25, 0.3) is 0 Å². The quantitative estimate of drug-likeness (QED) is 0.858. The lowest BCUT2D eigenvalue weighted by Crippen LogP contribution is -2.32. The highest BCUT2D eigenvalue weighted by molar-refractivity contribution is 5.87. The van der Waals surface area contributed by atoms with Gasteiger partial charge in [0.25, 0.3) is 0 Å². The molecule has 0 aliphatic carbocycles. The third-order valence-electron chi connectivity index (χ3n) is 3.33. The highest BCUT2D eigenvalue weighted by Crippen LogP contribution is 2.13. The predicted octanol–water partition coefficient (Wildman–Crippen LogP) is 2.78. The van der Waals surface area contributed by atoms with Crippen molar-refractivity contribution in [2.24, 2.45) is 5.92 Å². The fraction of sp³-hybridized carbons (Fsp3) is 0.467. The lowest BCUT2D eigenvalue weighted by atomic mass is 10.0. The predicted molar refractivity (Wildman–Crippen MR) is 73.9 cm³/mol. The molecule has 19 heavy (non-hydrogen) atoms. The number of carbonyl (C=O) groups is 2. The lowest BCUT2D eigenvalue weighted by Gasteiger charge is -2.22. The van der Waals surface area contributed by atoms with Crippen molar-refractivity contribution in [3.8, 4) is 0 Å². The second kappa shape index (κ2) is 6.92. The van der Waals surface area contributed by atoms with E-state index in [1.54, 1.807) is 36.2 Å². The number of carboxylic acids is 1. The highest BCUT2D eigenvalue weighted by Gasteiger charge is 2.18. The Morgan fingerprint density at radius 1 is 1.16 bits per heavy atom. The summed E-state index contributed by atoms with van der Waals surface area (Å²) >= 11 is 0. The van der Waals surface area contributed by atoms with Crippen LogP contribution in [0.3, 0.4) is 0 Å². The maximum atomic E-state index is 12.1. The van der Waals surface area contributed by atoms with E-state index in [0.29, 0.717) is 6.54 Å². The summed E-state index contributed by atoms with van der Waals surface area (Å²) < 4.78 is 0. The summed E-state index contributed by atoms with van der Waals surface area (Å²) in [7, 11) is 1.78. The smallest absolute Gasteiger partial charge is 0.335 e. The first-order valence-corrected chi connectivity index (χ1v) is 6.56. The van der Waals surface area contributed by atoms with Crippen LogP contribution in [0.4, 0.5) is 0 Å². The van der Waals surface area contributed by atoms with Crippen LogP contribution in [0.1, 0.15) is 42.6 Å². The van der Waals surface area contributed by atoms with Crippen molar-refractivity contribution in [3.63, 3.8) is 0 Å². The zero-order chi connectivity index (χ0) is 14.4. The van der Waals surface area contributed by atoms with Crippen LogP contribution in [0.15, 0.2) is 24.3 Å². The molecule has 1 rings (SSSR count). The van der Waals surface area contributed by atoms with Crippen LogP contribution in [0, 0.1) is 5.92 Å². The van der Waals surface area contributed by atoms with Gasteiger partial charge < -0.3 is 10.0 Å². The summed E-state index contributed by atoms with van der Waals surface area (Å²) in [5, 5.41) is 8.82. The summed E-state index contributed by atoms with van der Waals surface area (Å²) in [5.74, 6) is -0.719. The van der Waals surface area contributed by atoms with E-state index in [-0.39, 0.29) is 17.4 Å². The van der Waals surface area contributed by atoms with Crippen LogP contribution >= 0.6 is 0 Å². The molecule has 4 nitrogen and oxygen atoms in total. The standard InChI is InChI=1S/C15H21NO3/c1-4-12(5-2)14(17)16(3)10-11-6-8-13(9-7-11)15(18)19/h6-9,12H,4-5,10H2,1-3H3,(H,18,19). The highest BCUT2D eigenvalue weighted by atomic mass is 16.4. The summed E-state index contributed by atoms with van der Waals surface area (Å²) in [6.45, 7) is 4.54. The van der Waals surface area contributed by atoms with Crippen molar-refractivity contribution in [3.05, 3.63) is 35.4 Å². The van der Waals surface area contributed by atoms with E-state index in [9.17, 15) is 9.59 Å². The van der Waals surface area contributed by atoms with Crippen LogP contribution in [-0.4, -0.2) is 28.9 Å². The SMILES string of the molecule is CCC(CC)C(=O)N(C)Cc1ccc(C(=O)O)cc1. The third kappa shape index (κ3) is 4.09. The number of carboxylic acid groups (broad SMARTS) is 1. The average molecular weight is 263 g/mol. The number of hydrogen-bond acceptors (Lipinski definition) is 2. The van der Waals surface area contributed by atoms with Crippen LogP contribution in [0.5, 0.6) is 0 Å². The molecule has 1 amide bonds. The number of rotatable bonds is 6. The summed E-state index contributed by atoms with van der Waals surface area (Å²) in [4.78, 5) is 24.6. The topological polar surface area (TPSA) is 57.6 Å². The Bertz CT molecular complexity index is 435. The first-order valence-electron chi connectivity index (χ1n) is 6.56. The maximum Gasteiger partial charge on any atom is 0.335 e. The van der Waals surface area contributed by atoms with Crippen molar-refractivity contribution in [1.82, 2.24) is 4.90 Å². The second-order valence-electron chi connectivity index (χ2n) is 4.71. The van der Waals surface area contributed by atoms with E-state index in [0.717, 1.165) is 18.4 Å². The van der Waals surface area contributed by atoms with Gasteiger partial charge in [-0.15, -0.1) is 0 Å². The lowest BCUT2D eigenvalue weighted by molar-refractivity contribution is -0.134. The molecular formula is C15H21NO3. The number of hydrogen-bond donors (Lipinski definition) is 1. The third-order valence-corrected chi connectivity index (χ3v) is 3.33. The normalized spacial score (nSPS) is 10.5. The summed E-state index contributed by atoms with van der Waals surface area (Å²) in [5.41, 5.74) is 1.20. The van der Waals surface area contributed by atoms with Gasteiger partial charge in [0.2, 0.25) is 5.91 Å². The summed E-state index contributed by atoms with van der Waals surface area (Å²) in [6, 6.07) is 6.63. The van der Waals surface area contributed by atoms with Gasteiger partial charge in [0.05, 0.1) is 5.56 Å². The van der Waals surface area contributed by atoms with Crippen LogP contribution < -0.4 is 0 Å². The number of aromatic carboxylic acids is 1. The maximum absolute atomic E-state index is 12.1. The number of nitrogens with zero attached hydrogens (tertiary/aromatic N) is 1. The van der Waals surface area contributed by atoms with Crippen molar-refractivity contribution in [1.29, 1.82) is 0 Å². The Morgan fingerprint density at radius 3 is 2.11 bits per heavy atom. The molecule has 1 aromatic carbocycles. The van der Waals surface area contributed by atoms with Crippen molar-refractivity contribution in [2.75, 3.05) is 7.05 Å². The van der Waals surface area contributed by atoms with Crippen molar-refractivity contribution in [2.45, 2.75) is 33.2 Å². The summed E-state index contributed by atoms with van der Waals surface area (Å²) in [6.07, 6.45) is 1.69. The van der Waals surface area contributed by atoms with Gasteiger partial charge in [-0.25, -0.2) is 4.79 Å². The van der Waals surface area contributed by atoms with E-state index in [1.165, 1.54) is 0 Å². The largest absolute Gasteiger partial charge is 0.478 e. The molecule has 0 heterocycles. The van der Waals surface area contributed by atoms with Crippen LogP contribution in [-0.2, 0) is 11.3 Å². The second-order valence-corrected chi connectivity index (χ2v) is 4.71. The van der Waals surface area contributed by atoms with E-state index in [2.05, 4.69) is 0 Å². The molecule has 104 valence electrons. The van der Waals surface area contributed by atoms with Gasteiger partial charge in [0, 0.05) is 19.5 Å². The van der Waals surface area contributed by atoms with Gasteiger partial charge in [0.1, 0.15) is 0 Å². The molecule has 0 atom stereocenters. The van der Waals surface area contributed by atoms with Gasteiger partial charge in [-0.1, -0.05) is 26.0 Å². The molecule has 0 radical (unpaired) electrons. The zero-order valence-electron chi connectivity index (χ0n) is 11.7. The molecule has 0 saturated carbocycles. The first kappa shape index (κ1) is 15.2. The molecule has 0 unspecified atom stereocenters. The molecule has 4 heteroatoms. The fourth-order valence-corrected chi connectivity index (χ4v) is 2.05. The van der Waals surface area contributed by atoms with Gasteiger partial charge in [-0.2, -0.15) is 0 Å². The molecule has 0 aromatic heterocycles. The molecule has 0 saturated heterocycles. The number of benzene rings is 1. The van der Waals surface area contributed by atoms with Gasteiger partial charge >= 0.3 is 5.97 Å². The Balaban J connectivity index is 2.68. The van der Waals surface area contributed by atoms with E-state index >= 15 is 0 Å². The number of amides is 1. The molecule has 0 aliphatic rings. The molecule has 0 fully saturated rings. The molecule has 0 aliphatic heterocycles. The molecule has 0 spiro atoms. The van der Waals surface area contributed by atoms with E-state index in [4.69, 9.17) is 5.11 Å². The number of carbonyl (C=O) groups excluding carboxylic acids is 1.